The van der Waals surface area contributed by atoms with E-state index in [-0.39, 0.29) is 5.91 Å². The van der Waals surface area contributed by atoms with Crippen LogP contribution < -0.4 is 11.1 Å². The monoisotopic (exact) mass is 273 g/mol. The van der Waals surface area contributed by atoms with E-state index in [0.29, 0.717) is 24.7 Å². The Bertz CT molecular complexity index is 615. The lowest BCUT2D eigenvalue weighted by atomic mass is 10.1. The summed E-state index contributed by atoms with van der Waals surface area (Å²) in [5.74, 6) is -0.0211. The molecule has 1 aliphatic carbocycles. The zero-order valence-corrected chi connectivity index (χ0v) is 11.4. The van der Waals surface area contributed by atoms with Gasteiger partial charge in [0, 0.05) is 18.2 Å². The third-order valence-corrected chi connectivity index (χ3v) is 3.81. The quantitative estimate of drug-likeness (QED) is 0.872. The molecule has 1 fully saturated rings. The van der Waals surface area contributed by atoms with Crippen molar-refractivity contribution < 1.29 is 4.79 Å². The maximum atomic E-state index is 12.2. The van der Waals surface area contributed by atoms with Crippen LogP contribution in [0.15, 0.2) is 18.2 Å². The van der Waals surface area contributed by atoms with Gasteiger partial charge in [0.2, 0.25) is 0 Å². The second kappa shape index (κ2) is 5.58. The molecule has 0 radical (unpaired) electrons. The molecule has 1 aromatic heterocycles. The number of nitrogens with zero attached hydrogens (tertiary/aromatic N) is 3. The Balaban J connectivity index is 1.79. The first-order valence-electron chi connectivity index (χ1n) is 7.12. The van der Waals surface area contributed by atoms with Gasteiger partial charge in [0.05, 0.1) is 12.1 Å². The summed E-state index contributed by atoms with van der Waals surface area (Å²) in [4.78, 5) is 12.2. The van der Waals surface area contributed by atoms with Crippen LogP contribution in [0, 0.1) is 0 Å². The molecule has 6 heteroatoms. The van der Waals surface area contributed by atoms with Crippen molar-refractivity contribution in [3.05, 3.63) is 23.8 Å². The van der Waals surface area contributed by atoms with E-state index in [1.807, 2.05) is 12.1 Å². The largest absolute Gasteiger partial charge is 0.349 e. The van der Waals surface area contributed by atoms with E-state index in [2.05, 4.69) is 15.6 Å². The fraction of sp³-hybridized carbons (Fsp3) is 0.500. The van der Waals surface area contributed by atoms with E-state index in [1.165, 1.54) is 12.8 Å². The summed E-state index contributed by atoms with van der Waals surface area (Å²) in [6.07, 6.45) is 4.58. The average molecular weight is 273 g/mol. The highest BCUT2D eigenvalue weighted by Gasteiger charge is 2.18. The van der Waals surface area contributed by atoms with Crippen LogP contribution in [-0.4, -0.2) is 33.5 Å². The molecule has 0 spiro atoms. The van der Waals surface area contributed by atoms with Gasteiger partial charge in [0.25, 0.3) is 5.91 Å². The van der Waals surface area contributed by atoms with Crippen molar-refractivity contribution in [3.63, 3.8) is 0 Å². The molecular formula is C14H19N5O. The lowest BCUT2D eigenvalue weighted by Crippen LogP contribution is -2.32. The maximum absolute atomic E-state index is 12.2. The second-order valence-electron chi connectivity index (χ2n) is 5.26. The molecule has 0 bridgehead atoms. The molecule has 20 heavy (non-hydrogen) atoms. The summed E-state index contributed by atoms with van der Waals surface area (Å²) >= 11 is 0. The van der Waals surface area contributed by atoms with Crippen LogP contribution in [-0.2, 0) is 6.54 Å². The number of amides is 1. The minimum absolute atomic E-state index is 0.0211. The summed E-state index contributed by atoms with van der Waals surface area (Å²) in [7, 11) is 0. The van der Waals surface area contributed by atoms with Gasteiger partial charge in [-0.3, -0.25) is 4.79 Å². The predicted molar refractivity (Wildman–Crippen MR) is 76.3 cm³/mol. The Morgan fingerprint density at radius 1 is 1.40 bits per heavy atom. The van der Waals surface area contributed by atoms with E-state index >= 15 is 0 Å². The second-order valence-corrected chi connectivity index (χ2v) is 5.26. The van der Waals surface area contributed by atoms with Crippen LogP contribution in [0.2, 0.25) is 0 Å². The lowest BCUT2D eigenvalue weighted by Gasteiger charge is -2.11. The van der Waals surface area contributed by atoms with Crippen LogP contribution in [0.25, 0.3) is 11.0 Å². The Kier molecular flexibility index (Phi) is 3.64. The van der Waals surface area contributed by atoms with Crippen molar-refractivity contribution in [3.8, 4) is 0 Å². The Morgan fingerprint density at radius 3 is 2.95 bits per heavy atom. The summed E-state index contributed by atoms with van der Waals surface area (Å²) in [6.45, 7) is 1.15. The highest BCUT2D eigenvalue weighted by molar-refractivity contribution is 5.97. The van der Waals surface area contributed by atoms with Gasteiger partial charge in [0.1, 0.15) is 5.52 Å². The van der Waals surface area contributed by atoms with Crippen molar-refractivity contribution >= 4 is 16.9 Å². The number of benzene rings is 1. The number of aromatic nitrogens is 3. The molecule has 0 aliphatic heterocycles. The van der Waals surface area contributed by atoms with Crippen molar-refractivity contribution in [2.24, 2.45) is 5.73 Å². The minimum Gasteiger partial charge on any atom is -0.349 e. The summed E-state index contributed by atoms with van der Waals surface area (Å²) < 4.78 is 1.76. The molecule has 0 saturated heterocycles. The molecule has 2 aromatic rings. The van der Waals surface area contributed by atoms with E-state index in [9.17, 15) is 4.79 Å². The zero-order valence-electron chi connectivity index (χ0n) is 11.4. The molecule has 6 nitrogen and oxygen atoms in total. The lowest BCUT2D eigenvalue weighted by molar-refractivity contribution is 0.0938. The Hall–Kier alpha value is -1.95. The SMILES string of the molecule is NCCn1nnc2cc(C(=O)NC3CCCC3)ccc21. The Labute approximate surface area is 117 Å². The van der Waals surface area contributed by atoms with Crippen LogP contribution >= 0.6 is 0 Å². The van der Waals surface area contributed by atoms with E-state index < -0.39 is 0 Å². The van der Waals surface area contributed by atoms with Gasteiger partial charge in [-0.2, -0.15) is 0 Å². The molecule has 1 aliphatic rings. The van der Waals surface area contributed by atoms with Gasteiger partial charge < -0.3 is 11.1 Å². The Morgan fingerprint density at radius 2 is 2.20 bits per heavy atom. The van der Waals surface area contributed by atoms with E-state index in [4.69, 9.17) is 5.73 Å². The molecule has 1 saturated carbocycles. The fourth-order valence-corrected chi connectivity index (χ4v) is 2.74. The summed E-state index contributed by atoms with van der Waals surface area (Å²) in [6, 6.07) is 5.82. The molecule has 0 atom stereocenters. The molecular weight excluding hydrogens is 254 g/mol. The van der Waals surface area contributed by atoms with Crippen molar-refractivity contribution in [1.29, 1.82) is 0 Å². The van der Waals surface area contributed by atoms with E-state index in [1.54, 1.807) is 10.7 Å². The topological polar surface area (TPSA) is 85.8 Å². The van der Waals surface area contributed by atoms with Crippen LogP contribution in [0.1, 0.15) is 36.0 Å². The number of fused-ring (bicyclic) bond motifs is 1. The first kappa shape index (κ1) is 13.1. The first-order valence-corrected chi connectivity index (χ1v) is 7.12. The highest BCUT2D eigenvalue weighted by Crippen LogP contribution is 2.19. The van der Waals surface area contributed by atoms with Crippen molar-refractivity contribution in [2.75, 3.05) is 6.54 Å². The third kappa shape index (κ3) is 2.51. The number of carbonyl (C=O) groups excluding carboxylic acids is 1. The predicted octanol–water partition coefficient (Wildman–Crippen LogP) is 1.06. The fourth-order valence-electron chi connectivity index (χ4n) is 2.74. The molecule has 1 amide bonds. The number of hydrogen-bond donors (Lipinski definition) is 2. The van der Waals surface area contributed by atoms with Gasteiger partial charge in [0.15, 0.2) is 0 Å². The average Bonchev–Trinajstić information content (AvgIpc) is 3.09. The molecule has 106 valence electrons. The molecule has 3 rings (SSSR count). The molecule has 0 unspecified atom stereocenters. The van der Waals surface area contributed by atoms with Gasteiger partial charge in [-0.1, -0.05) is 18.1 Å². The molecule has 1 aromatic carbocycles. The smallest absolute Gasteiger partial charge is 0.251 e. The van der Waals surface area contributed by atoms with E-state index in [0.717, 1.165) is 23.9 Å². The van der Waals surface area contributed by atoms with Crippen molar-refractivity contribution in [2.45, 2.75) is 38.3 Å². The van der Waals surface area contributed by atoms with Crippen LogP contribution in [0.3, 0.4) is 0 Å². The van der Waals surface area contributed by atoms with Gasteiger partial charge in [-0.05, 0) is 31.0 Å². The standard InChI is InChI=1S/C14H19N5O/c15-7-8-19-13-6-5-10(9-12(13)17-18-19)14(20)16-11-3-1-2-4-11/h5-6,9,11H,1-4,7-8,15H2,(H,16,20). The van der Waals surface area contributed by atoms with Crippen LogP contribution in [0.5, 0.6) is 0 Å². The third-order valence-electron chi connectivity index (χ3n) is 3.81. The number of nitrogens with two attached hydrogens (primary N) is 1. The van der Waals surface area contributed by atoms with Gasteiger partial charge >= 0.3 is 0 Å². The summed E-state index contributed by atoms with van der Waals surface area (Å²) in [5, 5.41) is 11.2. The number of rotatable bonds is 4. The van der Waals surface area contributed by atoms with Gasteiger partial charge in [-0.15, -0.1) is 5.10 Å². The number of carbonyl (C=O) groups is 1. The highest BCUT2D eigenvalue weighted by atomic mass is 16.1. The van der Waals surface area contributed by atoms with Crippen LogP contribution in [0.4, 0.5) is 0 Å². The molecule has 1 heterocycles. The number of nitrogens with one attached hydrogen (secondary N) is 1. The van der Waals surface area contributed by atoms with Gasteiger partial charge in [-0.25, -0.2) is 4.68 Å². The zero-order chi connectivity index (χ0) is 13.9. The summed E-state index contributed by atoms with van der Waals surface area (Å²) in [5.41, 5.74) is 7.81. The molecule has 3 N–H and O–H groups in total. The normalized spacial score (nSPS) is 15.8. The first-order chi connectivity index (χ1) is 9.78. The maximum Gasteiger partial charge on any atom is 0.251 e. The van der Waals surface area contributed by atoms with Crippen molar-refractivity contribution in [1.82, 2.24) is 20.3 Å². The number of hydrogen-bond acceptors (Lipinski definition) is 4. The minimum atomic E-state index is -0.0211.